The minimum Gasteiger partial charge on any atom is -0.496 e. The zero-order valence-electron chi connectivity index (χ0n) is 8.58. The average molecular weight is 363 g/mol. The second kappa shape index (κ2) is 4.92. The zero-order valence-corrected chi connectivity index (χ0v) is 11.6. The third kappa shape index (κ3) is 2.52. The Morgan fingerprint density at radius 2 is 2.24 bits per heavy atom. The van der Waals surface area contributed by atoms with Crippen LogP contribution in [0.2, 0.25) is 0 Å². The Balaban J connectivity index is 2.51. The van der Waals surface area contributed by atoms with Gasteiger partial charge in [-0.1, -0.05) is 11.3 Å². The highest BCUT2D eigenvalue weighted by molar-refractivity contribution is 14.1. The Bertz CT molecular complexity index is 572. The zero-order chi connectivity index (χ0) is 12.4. The normalized spacial score (nSPS) is 10.2. The SMILES string of the molecule is COc1cc([N+](=O)[O-])ccc1-c1nnc(I)s1. The van der Waals surface area contributed by atoms with Crippen molar-refractivity contribution in [3.63, 3.8) is 0 Å². The molecule has 0 saturated carbocycles. The maximum absolute atomic E-state index is 10.6. The molecular weight excluding hydrogens is 357 g/mol. The van der Waals surface area contributed by atoms with E-state index >= 15 is 0 Å². The quantitative estimate of drug-likeness (QED) is 0.476. The molecular formula is C9H6IN3O3S. The molecule has 0 aliphatic rings. The van der Waals surface area contributed by atoms with E-state index in [1.165, 1.54) is 30.6 Å². The minimum absolute atomic E-state index is 0.00943. The first kappa shape index (κ1) is 12.2. The molecule has 6 nitrogen and oxygen atoms in total. The number of halogens is 1. The van der Waals surface area contributed by atoms with Crippen LogP contribution in [0, 0.1) is 13.1 Å². The first-order chi connectivity index (χ1) is 8.11. The fourth-order valence-corrected chi connectivity index (χ4v) is 2.62. The van der Waals surface area contributed by atoms with Gasteiger partial charge in [0.05, 0.1) is 23.7 Å². The van der Waals surface area contributed by atoms with Crippen molar-refractivity contribution in [2.75, 3.05) is 7.11 Å². The van der Waals surface area contributed by atoms with Crippen LogP contribution in [0.5, 0.6) is 5.75 Å². The maximum Gasteiger partial charge on any atom is 0.273 e. The molecule has 0 bridgehead atoms. The molecule has 0 unspecified atom stereocenters. The summed E-state index contributed by atoms with van der Waals surface area (Å²) in [4.78, 5) is 10.2. The highest BCUT2D eigenvalue weighted by Gasteiger charge is 2.15. The molecule has 88 valence electrons. The summed E-state index contributed by atoms with van der Waals surface area (Å²) in [5, 5.41) is 19.2. The van der Waals surface area contributed by atoms with Crippen molar-refractivity contribution in [3.05, 3.63) is 31.3 Å². The molecule has 0 aliphatic carbocycles. The van der Waals surface area contributed by atoms with E-state index in [0.717, 1.165) is 3.01 Å². The van der Waals surface area contributed by atoms with Crippen molar-refractivity contribution < 1.29 is 9.66 Å². The van der Waals surface area contributed by atoms with Crippen LogP contribution >= 0.6 is 33.9 Å². The van der Waals surface area contributed by atoms with Gasteiger partial charge < -0.3 is 4.74 Å². The minimum atomic E-state index is -0.462. The largest absolute Gasteiger partial charge is 0.496 e. The van der Waals surface area contributed by atoms with Crippen LogP contribution in [0.25, 0.3) is 10.6 Å². The van der Waals surface area contributed by atoms with Crippen LogP contribution in [0.4, 0.5) is 5.69 Å². The predicted molar refractivity (Wildman–Crippen MR) is 71.3 cm³/mol. The number of benzene rings is 1. The van der Waals surface area contributed by atoms with E-state index < -0.39 is 4.92 Å². The molecule has 0 aliphatic heterocycles. The molecule has 0 fully saturated rings. The number of nitro groups is 1. The second-order valence-electron chi connectivity index (χ2n) is 3.00. The van der Waals surface area contributed by atoms with Crippen LogP contribution in [-0.4, -0.2) is 22.2 Å². The van der Waals surface area contributed by atoms with Crippen LogP contribution < -0.4 is 4.74 Å². The molecule has 1 aromatic carbocycles. The lowest BCUT2D eigenvalue weighted by atomic mass is 10.2. The number of hydrogen-bond donors (Lipinski definition) is 0. The van der Waals surface area contributed by atoms with Gasteiger partial charge in [0.25, 0.3) is 5.69 Å². The first-order valence-corrected chi connectivity index (χ1v) is 6.33. The van der Waals surface area contributed by atoms with Gasteiger partial charge >= 0.3 is 0 Å². The highest BCUT2D eigenvalue weighted by atomic mass is 127. The smallest absolute Gasteiger partial charge is 0.273 e. The van der Waals surface area contributed by atoms with Crippen LogP contribution in [-0.2, 0) is 0 Å². The van der Waals surface area contributed by atoms with Crippen molar-refractivity contribution in [1.29, 1.82) is 0 Å². The molecule has 0 amide bonds. The van der Waals surface area contributed by atoms with Crippen molar-refractivity contribution in [1.82, 2.24) is 10.2 Å². The molecule has 2 rings (SSSR count). The summed E-state index contributed by atoms with van der Waals surface area (Å²) in [6, 6.07) is 4.42. The molecule has 2 aromatic rings. The van der Waals surface area contributed by atoms with Crippen molar-refractivity contribution in [2.45, 2.75) is 0 Å². The van der Waals surface area contributed by atoms with Crippen molar-refractivity contribution in [2.24, 2.45) is 0 Å². The number of methoxy groups -OCH3 is 1. The van der Waals surface area contributed by atoms with Gasteiger partial charge in [0.2, 0.25) is 0 Å². The lowest BCUT2D eigenvalue weighted by Crippen LogP contribution is -1.92. The van der Waals surface area contributed by atoms with Gasteiger partial charge in [-0.25, -0.2) is 0 Å². The van der Waals surface area contributed by atoms with E-state index in [2.05, 4.69) is 32.8 Å². The molecule has 1 aromatic heterocycles. The van der Waals surface area contributed by atoms with Crippen LogP contribution in [0.1, 0.15) is 0 Å². The average Bonchev–Trinajstić information content (AvgIpc) is 2.74. The predicted octanol–water partition coefficient (Wildman–Crippen LogP) is 2.73. The fourth-order valence-electron chi connectivity index (χ4n) is 1.28. The summed E-state index contributed by atoms with van der Waals surface area (Å²) >= 11 is 3.46. The summed E-state index contributed by atoms with van der Waals surface area (Å²) in [5.41, 5.74) is 0.698. The van der Waals surface area contributed by atoms with Crippen LogP contribution in [0.3, 0.4) is 0 Å². The second-order valence-corrected chi connectivity index (χ2v) is 5.73. The molecule has 8 heteroatoms. The van der Waals surface area contributed by atoms with Gasteiger partial charge in [0.15, 0.2) is 8.02 Å². The Kier molecular flexibility index (Phi) is 3.52. The van der Waals surface area contributed by atoms with Crippen LogP contribution in [0.15, 0.2) is 18.2 Å². The lowest BCUT2D eigenvalue weighted by Gasteiger charge is -2.04. The van der Waals surface area contributed by atoms with Gasteiger partial charge in [-0.05, 0) is 28.7 Å². The van der Waals surface area contributed by atoms with Crippen molar-refractivity contribution in [3.8, 4) is 16.3 Å². The monoisotopic (exact) mass is 363 g/mol. The standard InChI is InChI=1S/C9H6IN3O3S/c1-16-7-4-5(13(14)15)2-3-6(7)8-11-12-9(10)17-8/h2-4H,1H3. The van der Waals surface area contributed by atoms with E-state index in [0.29, 0.717) is 16.3 Å². The van der Waals surface area contributed by atoms with Gasteiger partial charge in [0, 0.05) is 6.07 Å². The molecule has 0 atom stereocenters. The molecule has 17 heavy (non-hydrogen) atoms. The lowest BCUT2D eigenvalue weighted by molar-refractivity contribution is -0.384. The van der Waals surface area contributed by atoms with E-state index in [-0.39, 0.29) is 5.69 Å². The number of hydrogen-bond acceptors (Lipinski definition) is 6. The molecule has 0 radical (unpaired) electrons. The topological polar surface area (TPSA) is 78.2 Å². The molecule has 0 N–H and O–H groups in total. The Labute approximate surface area is 114 Å². The molecule has 1 heterocycles. The third-order valence-corrected chi connectivity index (χ3v) is 3.65. The van der Waals surface area contributed by atoms with Gasteiger partial charge in [-0.2, -0.15) is 0 Å². The summed E-state index contributed by atoms with van der Waals surface area (Å²) in [6.07, 6.45) is 0. The summed E-state index contributed by atoms with van der Waals surface area (Å²) in [6.45, 7) is 0. The third-order valence-electron chi connectivity index (χ3n) is 2.03. The van der Waals surface area contributed by atoms with Gasteiger partial charge in [-0.15, -0.1) is 10.2 Å². The Hall–Kier alpha value is -1.29. The Morgan fingerprint density at radius 3 is 2.76 bits per heavy atom. The number of rotatable bonds is 3. The van der Waals surface area contributed by atoms with Crippen molar-refractivity contribution >= 4 is 39.6 Å². The highest BCUT2D eigenvalue weighted by Crippen LogP contribution is 2.34. The Morgan fingerprint density at radius 1 is 1.47 bits per heavy atom. The number of ether oxygens (including phenoxy) is 1. The number of nitro benzene ring substituents is 1. The first-order valence-electron chi connectivity index (χ1n) is 4.43. The summed E-state index contributed by atoms with van der Waals surface area (Å²) < 4.78 is 5.94. The molecule has 0 saturated heterocycles. The van der Waals surface area contributed by atoms with E-state index in [9.17, 15) is 10.1 Å². The number of non-ortho nitro benzene ring substituents is 1. The molecule has 0 spiro atoms. The maximum atomic E-state index is 10.6. The number of nitrogens with zero attached hydrogens (tertiary/aromatic N) is 3. The number of aromatic nitrogens is 2. The fraction of sp³-hybridized carbons (Fsp3) is 0.111. The van der Waals surface area contributed by atoms with Gasteiger partial charge in [0.1, 0.15) is 5.75 Å². The summed E-state index contributed by atoms with van der Waals surface area (Å²) in [7, 11) is 1.47. The summed E-state index contributed by atoms with van der Waals surface area (Å²) in [5.74, 6) is 0.423. The van der Waals surface area contributed by atoms with E-state index in [1.807, 2.05) is 0 Å². The van der Waals surface area contributed by atoms with E-state index in [4.69, 9.17) is 4.74 Å². The van der Waals surface area contributed by atoms with Gasteiger partial charge in [-0.3, -0.25) is 10.1 Å². The van der Waals surface area contributed by atoms with E-state index in [1.54, 1.807) is 6.07 Å².